The first kappa shape index (κ1) is 25.0. The predicted octanol–water partition coefficient (Wildman–Crippen LogP) is 5.41. The molecule has 1 aliphatic rings. The van der Waals surface area contributed by atoms with E-state index in [-0.39, 0.29) is 17.7 Å². The van der Waals surface area contributed by atoms with Crippen molar-refractivity contribution in [1.29, 1.82) is 0 Å². The zero-order valence-corrected chi connectivity index (χ0v) is 20.9. The van der Waals surface area contributed by atoms with Crippen LogP contribution in [0.4, 0.5) is 11.4 Å². The van der Waals surface area contributed by atoms with Crippen LogP contribution in [0.25, 0.3) is 0 Å². The SMILES string of the molecule is CS(=O)(=O)Nc1ccc(Oc2ccc3c(c2)CCC(c2cccc(Oc4ccc([N+](=O)[O-])cn4)c2)O3)nc1. The molecule has 1 unspecified atom stereocenters. The Kier molecular flexibility index (Phi) is 6.79. The fourth-order valence-electron chi connectivity index (χ4n) is 3.94. The van der Waals surface area contributed by atoms with Gasteiger partial charge in [0.15, 0.2) is 0 Å². The molecule has 12 heteroatoms. The average Bonchev–Trinajstić information content (AvgIpc) is 2.89. The van der Waals surface area contributed by atoms with Crippen LogP contribution in [0, 0.1) is 10.1 Å². The fraction of sp³-hybridized carbons (Fsp3) is 0.154. The Morgan fingerprint density at radius 2 is 1.71 bits per heavy atom. The average molecular weight is 535 g/mol. The van der Waals surface area contributed by atoms with Gasteiger partial charge in [-0.15, -0.1) is 0 Å². The molecule has 0 aliphatic carbocycles. The minimum absolute atomic E-state index is 0.106. The molecule has 0 spiro atoms. The van der Waals surface area contributed by atoms with Crippen LogP contribution in [0.3, 0.4) is 0 Å². The Labute approximate surface area is 218 Å². The summed E-state index contributed by atoms with van der Waals surface area (Å²) in [4.78, 5) is 18.4. The summed E-state index contributed by atoms with van der Waals surface area (Å²) in [6.07, 6.45) is 4.93. The Balaban J connectivity index is 1.24. The van der Waals surface area contributed by atoms with Crippen LogP contribution in [0.1, 0.15) is 23.7 Å². The van der Waals surface area contributed by atoms with Crippen LogP contribution in [-0.4, -0.2) is 29.6 Å². The van der Waals surface area contributed by atoms with Crippen molar-refractivity contribution < 1.29 is 27.6 Å². The van der Waals surface area contributed by atoms with Gasteiger partial charge in [-0.3, -0.25) is 14.8 Å². The van der Waals surface area contributed by atoms with E-state index in [4.69, 9.17) is 14.2 Å². The van der Waals surface area contributed by atoms with E-state index in [0.29, 0.717) is 23.1 Å². The first-order valence-electron chi connectivity index (χ1n) is 11.5. The monoisotopic (exact) mass is 534 g/mol. The van der Waals surface area contributed by atoms with Crippen molar-refractivity contribution in [2.75, 3.05) is 11.0 Å². The topological polar surface area (TPSA) is 143 Å². The molecule has 1 N–H and O–H groups in total. The molecule has 38 heavy (non-hydrogen) atoms. The maximum atomic E-state index is 11.3. The number of anilines is 1. The lowest BCUT2D eigenvalue weighted by Gasteiger charge is -2.27. The van der Waals surface area contributed by atoms with E-state index in [2.05, 4.69) is 14.7 Å². The zero-order chi connectivity index (χ0) is 26.7. The highest BCUT2D eigenvalue weighted by molar-refractivity contribution is 7.92. The molecule has 0 saturated heterocycles. The van der Waals surface area contributed by atoms with E-state index in [1.807, 2.05) is 30.3 Å². The largest absolute Gasteiger partial charge is 0.485 e. The van der Waals surface area contributed by atoms with Gasteiger partial charge in [-0.1, -0.05) is 12.1 Å². The normalized spacial score (nSPS) is 14.6. The van der Waals surface area contributed by atoms with Crippen LogP contribution in [-0.2, 0) is 16.4 Å². The highest BCUT2D eigenvalue weighted by Crippen LogP contribution is 2.38. The number of hydrogen-bond acceptors (Lipinski definition) is 9. The number of nitro groups is 1. The second-order valence-electron chi connectivity index (χ2n) is 8.56. The van der Waals surface area contributed by atoms with Crippen LogP contribution < -0.4 is 18.9 Å². The number of aryl methyl sites for hydroxylation is 1. The number of aromatic nitrogens is 2. The van der Waals surface area contributed by atoms with Gasteiger partial charge in [0.25, 0.3) is 5.69 Å². The summed E-state index contributed by atoms with van der Waals surface area (Å²) in [5.41, 5.74) is 2.17. The van der Waals surface area contributed by atoms with Crippen LogP contribution >= 0.6 is 0 Å². The van der Waals surface area contributed by atoms with Gasteiger partial charge in [0, 0.05) is 18.2 Å². The van der Waals surface area contributed by atoms with Crippen molar-refractivity contribution in [1.82, 2.24) is 9.97 Å². The number of benzene rings is 2. The third kappa shape index (κ3) is 6.16. The summed E-state index contributed by atoms with van der Waals surface area (Å²) in [6, 6.07) is 18.9. The molecule has 1 atom stereocenters. The lowest BCUT2D eigenvalue weighted by Crippen LogP contribution is -2.15. The van der Waals surface area contributed by atoms with Gasteiger partial charge in [-0.25, -0.2) is 18.4 Å². The number of fused-ring (bicyclic) bond motifs is 1. The maximum absolute atomic E-state index is 11.3. The predicted molar refractivity (Wildman–Crippen MR) is 138 cm³/mol. The maximum Gasteiger partial charge on any atom is 0.287 e. The van der Waals surface area contributed by atoms with Gasteiger partial charge in [-0.05, 0) is 60.4 Å². The number of hydrogen-bond donors (Lipinski definition) is 1. The van der Waals surface area contributed by atoms with Crippen molar-refractivity contribution in [3.05, 3.63) is 100 Å². The van der Waals surface area contributed by atoms with Crippen LogP contribution in [0.5, 0.6) is 29.0 Å². The molecule has 0 saturated carbocycles. The van der Waals surface area contributed by atoms with Gasteiger partial charge in [0.1, 0.15) is 29.5 Å². The summed E-state index contributed by atoms with van der Waals surface area (Å²) in [7, 11) is -3.38. The number of sulfonamides is 1. The van der Waals surface area contributed by atoms with E-state index in [0.717, 1.165) is 42.2 Å². The zero-order valence-electron chi connectivity index (χ0n) is 20.1. The Bertz CT molecular complexity index is 1580. The molecule has 5 rings (SSSR count). The first-order chi connectivity index (χ1) is 18.2. The Hall–Kier alpha value is -4.71. The van der Waals surface area contributed by atoms with Crippen LogP contribution in [0.2, 0.25) is 0 Å². The highest BCUT2D eigenvalue weighted by Gasteiger charge is 2.22. The first-order valence-corrected chi connectivity index (χ1v) is 13.4. The standard InChI is InChI=1S/C26H22N4O7S/c1-38(33,34)29-19-6-11-25(27-15-19)36-22-8-10-24-18(14-22)5-9-23(37-24)17-3-2-4-21(13-17)35-26-12-7-20(16-28-26)30(31)32/h2-4,6-8,10-16,23,29H,5,9H2,1H3. The second kappa shape index (κ2) is 10.3. The molecule has 2 aromatic heterocycles. The fourth-order valence-corrected chi connectivity index (χ4v) is 4.49. The van der Waals surface area contributed by atoms with Crippen molar-refractivity contribution in [3.8, 4) is 29.0 Å². The molecule has 0 fully saturated rings. The van der Waals surface area contributed by atoms with E-state index >= 15 is 0 Å². The van der Waals surface area contributed by atoms with Crippen molar-refractivity contribution in [2.45, 2.75) is 18.9 Å². The number of nitrogens with zero attached hydrogens (tertiary/aromatic N) is 3. The van der Waals surface area contributed by atoms with Gasteiger partial charge in [0.2, 0.25) is 21.8 Å². The van der Waals surface area contributed by atoms with Crippen molar-refractivity contribution >= 4 is 21.4 Å². The summed E-state index contributed by atoms with van der Waals surface area (Å²) in [6.45, 7) is 0. The van der Waals surface area contributed by atoms with Gasteiger partial charge >= 0.3 is 0 Å². The quantitative estimate of drug-likeness (QED) is 0.232. The molecule has 1 aliphatic heterocycles. The number of rotatable bonds is 8. The lowest BCUT2D eigenvalue weighted by molar-refractivity contribution is -0.385. The molecule has 11 nitrogen and oxygen atoms in total. The van der Waals surface area contributed by atoms with Crippen molar-refractivity contribution in [2.24, 2.45) is 0 Å². The van der Waals surface area contributed by atoms with Crippen molar-refractivity contribution in [3.63, 3.8) is 0 Å². The van der Waals surface area contributed by atoms with E-state index in [1.165, 1.54) is 18.3 Å². The summed E-state index contributed by atoms with van der Waals surface area (Å²) in [5.74, 6) is 2.47. The van der Waals surface area contributed by atoms with E-state index in [9.17, 15) is 18.5 Å². The van der Waals surface area contributed by atoms with E-state index < -0.39 is 14.9 Å². The molecular formula is C26H22N4O7S. The minimum atomic E-state index is -3.38. The van der Waals surface area contributed by atoms with E-state index in [1.54, 1.807) is 24.3 Å². The Morgan fingerprint density at radius 1 is 0.974 bits per heavy atom. The molecule has 2 aromatic carbocycles. The molecule has 194 valence electrons. The summed E-state index contributed by atoms with van der Waals surface area (Å²) < 4.78 is 42.9. The molecule has 0 radical (unpaired) electrons. The third-order valence-electron chi connectivity index (χ3n) is 5.62. The van der Waals surface area contributed by atoms with Gasteiger partial charge in [-0.2, -0.15) is 0 Å². The number of pyridine rings is 2. The smallest absolute Gasteiger partial charge is 0.287 e. The second-order valence-corrected chi connectivity index (χ2v) is 10.3. The molecule has 0 bridgehead atoms. The summed E-state index contributed by atoms with van der Waals surface area (Å²) >= 11 is 0. The van der Waals surface area contributed by atoms with Crippen LogP contribution in [0.15, 0.2) is 79.1 Å². The lowest BCUT2D eigenvalue weighted by atomic mass is 9.97. The molecule has 0 amide bonds. The van der Waals surface area contributed by atoms with Gasteiger partial charge in [0.05, 0.1) is 23.1 Å². The number of nitrogens with one attached hydrogen (secondary N) is 1. The molecule has 3 heterocycles. The number of ether oxygens (including phenoxy) is 3. The Morgan fingerprint density at radius 3 is 2.37 bits per heavy atom. The molecule has 4 aromatic rings. The summed E-state index contributed by atoms with van der Waals surface area (Å²) in [5, 5.41) is 10.8. The highest BCUT2D eigenvalue weighted by atomic mass is 32.2. The third-order valence-corrected chi connectivity index (χ3v) is 6.23. The molecular weight excluding hydrogens is 512 g/mol. The van der Waals surface area contributed by atoms with Gasteiger partial charge < -0.3 is 14.2 Å². The minimum Gasteiger partial charge on any atom is -0.485 e.